The molecule has 0 heterocycles. The summed E-state index contributed by atoms with van der Waals surface area (Å²) < 4.78 is 34.1. The van der Waals surface area contributed by atoms with Crippen molar-refractivity contribution in [3.8, 4) is 24.7 Å². The molecule has 0 radical (unpaired) electrons. The van der Waals surface area contributed by atoms with E-state index in [0.29, 0.717) is 17.4 Å². The van der Waals surface area contributed by atoms with E-state index in [1.54, 1.807) is 0 Å². The second kappa shape index (κ2) is 33.0. The highest BCUT2D eigenvalue weighted by Gasteiger charge is 2.27. The zero-order valence-electron chi connectivity index (χ0n) is 32.1. The Kier molecular flexibility index (Phi) is 31.8. The molecule has 0 aliphatic rings. The van der Waals surface area contributed by atoms with Gasteiger partial charge in [0.15, 0.2) is 6.10 Å². The van der Waals surface area contributed by atoms with Crippen molar-refractivity contribution >= 4 is 19.8 Å². The normalized spacial score (nSPS) is 13.2. The summed E-state index contributed by atoms with van der Waals surface area (Å²) in [5.74, 6) is 4.55. The van der Waals surface area contributed by atoms with Crippen molar-refractivity contribution in [1.82, 2.24) is 0 Å². The molecular weight excluding hydrogens is 653 g/mol. The first-order chi connectivity index (χ1) is 24.0. The third-order valence-electron chi connectivity index (χ3n) is 8.57. The van der Waals surface area contributed by atoms with Crippen LogP contribution in [0.4, 0.5) is 0 Å². The minimum Gasteiger partial charge on any atom is -0.462 e. The molecule has 0 aromatic heterocycles. The summed E-state index contributed by atoms with van der Waals surface area (Å²) in [7, 11) is 1.45. The fourth-order valence-corrected chi connectivity index (χ4v) is 6.18. The van der Waals surface area contributed by atoms with E-state index in [0.717, 1.165) is 70.6 Å². The van der Waals surface area contributed by atoms with Gasteiger partial charge in [-0.05, 0) is 25.7 Å². The number of hydrogen-bond donors (Lipinski definition) is 1. The van der Waals surface area contributed by atoms with Gasteiger partial charge in [0.2, 0.25) is 0 Å². The van der Waals surface area contributed by atoms with Crippen LogP contribution in [-0.2, 0) is 32.7 Å². The molecule has 50 heavy (non-hydrogen) atoms. The number of ether oxygens (including phenoxy) is 2. The van der Waals surface area contributed by atoms with E-state index < -0.39 is 26.5 Å². The largest absolute Gasteiger partial charge is 0.472 e. The monoisotopic (exact) mass is 727 g/mol. The van der Waals surface area contributed by atoms with Crippen molar-refractivity contribution in [3.05, 3.63) is 0 Å². The fourth-order valence-electron chi connectivity index (χ4n) is 5.44. The molecule has 9 nitrogen and oxygen atoms in total. The van der Waals surface area contributed by atoms with Gasteiger partial charge in [0.1, 0.15) is 19.8 Å². The maximum absolute atomic E-state index is 12.6. The third kappa shape index (κ3) is 35.9. The Morgan fingerprint density at radius 2 is 0.980 bits per heavy atom. The number of likely N-dealkylation sites (N-methyl/N-ethyl adjacent to an activating group) is 1. The van der Waals surface area contributed by atoms with E-state index >= 15 is 0 Å². The van der Waals surface area contributed by atoms with Crippen molar-refractivity contribution in [2.45, 2.75) is 173 Å². The summed E-state index contributed by atoms with van der Waals surface area (Å²) in [5.41, 5.74) is 0. The minimum atomic E-state index is -4.37. The number of terminal acetylenes is 2. The highest BCUT2D eigenvalue weighted by molar-refractivity contribution is 7.47. The van der Waals surface area contributed by atoms with Crippen LogP contribution in [0.2, 0.25) is 0 Å². The summed E-state index contributed by atoms with van der Waals surface area (Å²) in [4.78, 5) is 35.2. The number of hydrogen-bond acceptors (Lipinski definition) is 7. The van der Waals surface area contributed by atoms with E-state index in [4.69, 9.17) is 31.4 Å². The summed E-state index contributed by atoms with van der Waals surface area (Å²) in [6.07, 6.45) is 36.8. The van der Waals surface area contributed by atoms with Crippen LogP contribution in [0.5, 0.6) is 0 Å². The zero-order chi connectivity index (χ0) is 37.2. The van der Waals surface area contributed by atoms with Crippen LogP contribution in [0.1, 0.15) is 167 Å². The molecule has 0 saturated carbocycles. The number of phosphoric acid groups is 1. The lowest BCUT2D eigenvalue weighted by molar-refractivity contribution is -0.870. The van der Waals surface area contributed by atoms with Gasteiger partial charge in [-0.15, -0.1) is 24.7 Å². The quantitative estimate of drug-likeness (QED) is 0.0224. The fraction of sp³-hybridized carbons (Fsp3) is 0.850. The van der Waals surface area contributed by atoms with Gasteiger partial charge < -0.3 is 18.9 Å². The number of phosphoric ester groups is 1. The lowest BCUT2D eigenvalue weighted by Gasteiger charge is -2.24. The van der Waals surface area contributed by atoms with Crippen LogP contribution in [0, 0.1) is 24.7 Å². The number of esters is 2. The maximum atomic E-state index is 12.6. The molecule has 0 amide bonds. The smallest absolute Gasteiger partial charge is 0.462 e. The zero-order valence-corrected chi connectivity index (χ0v) is 33.0. The van der Waals surface area contributed by atoms with E-state index in [2.05, 4.69) is 11.8 Å². The van der Waals surface area contributed by atoms with Gasteiger partial charge in [-0.1, -0.05) is 116 Å². The second-order valence-electron chi connectivity index (χ2n) is 14.6. The summed E-state index contributed by atoms with van der Waals surface area (Å²) in [5, 5.41) is 0. The van der Waals surface area contributed by atoms with Gasteiger partial charge in [-0.2, -0.15) is 0 Å². The van der Waals surface area contributed by atoms with Gasteiger partial charge in [-0.25, -0.2) is 4.57 Å². The number of quaternary nitrogens is 1. The van der Waals surface area contributed by atoms with Gasteiger partial charge in [0, 0.05) is 25.7 Å². The lowest BCUT2D eigenvalue weighted by atomic mass is 10.0. The average Bonchev–Trinajstić information content (AvgIpc) is 3.06. The Bertz CT molecular complexity index is 968. The molecular formula is C40H73NO8P+. The van der Waals surface area contributed by atoms with Crippen molar-refractivity contribution in [2.24, 2.45) is 0 Å². The standard InChI is InChI=1S/C40H72NO8P/c1-6-8-10-12-14-16-18-20-22-24-26-28-30-32-39(42)46-36-38(37-48-50(44,45)47-35-34-41(3,4)5)49-40(43)33-31-29-27-25-23-21-19-17-15-13-11-9-7-2/h1-2,38H,8-37H2,3-5H3/p+1/t38-/m1/s1. The molecule has 0 saturated heterocycles. The molecule has 0 fully saturated rings. The molecule has 0 aliphatic heterocycles. The van der Waals surface area contributed by atoms with Crippen molar-refractivity contribution in [1.29, 1.82) is 0 Å². The van der Waals surface area contributed by atoms with Crippen LogP contribution in [0.3, 0.4) is 0 Å². The predicted octanol–water partition coefficient (Wildman–Crippen LogP) is 9.69. The Morgan fingerprint density at radius 3 is 1.38 bits per heavy atom. The number of unbranched alkanes of at least 4 members (excludes halogenated alkanes) is 22. The van der Waals surface area contributed by atoms with Crippen molar-refractivity contribution in [2.75, 3.05) is 47.5 Å². The topological polar surface area (TPSA) is 108 Å². The maximum Gasteiger partial charge on any atom is 0.472 e. The molecule has 0 rings (SSSR count). The van der Waals surface area contributed by atoms with Crippen LogP contribution in [-0.4, -0.2) is 74.9 Å². The minimum absolute atomic E-state index is 0.0254. The van der Waals surface area contributed by atoms with Gasteiger partial charge in [-0.3, -0.25) is 18.6 Å². The SMILES string of the molecule is C#CCCCCCCCCCCCCCC(=O)OC[C@H](COP(=O)(O)OCC[N+](C)(C)C)OC(=O)CCCCCCCCCCCCCC#C. The molecule has 290 valence electrons. The number of nitrogens with zero attached hydrogens (tertiary/aromatic N) is 1. The van der Waals surface area contributed by atoms with Crippen LogP contribution in [0.15, 0.2) is 0 Å². The van der Waals surface area contributed by atoms with Crippen LogP contribution in [0.25, 0.3) is 0 Å². The Hall–Kier alpha value is -1.87. The second-order valence-corrected chi connectivity index (χ2v) is 16.0. The first-order valence-electron chi connectivity index (χ1n) is 19.6. The molecule has 10 heteroatoms. The lowest BCUT2D eigenvalue weighted by Crippen LogP contribution is -2.37. The molecule has 0 spiro atoms. The molecule has 0 aromatic rings. The Balaban J connectivity index is 4.38. The van der Waals surface area contributed by atoms with Crippen molar-refractivity contribution in [3.63, 3.8) is 0 Å². The summed E-state index contributed by atoms with van der Waals surface area (Å²) >= 11 is 0. The van der Waals surface area contributed by atoms with E-state index in [1.807, 2.05) is 21.1 Å². The highest BCUT2D eigenvalue weighted by Crippen LogP contribution is 2.43. The summed E-state index contributed by atoms with van der Waals surface area (Å²) in [6.45, 7) is -0.119. The highest BCUT2D eigenvalue weighted by atomic mass is 31.2. The molecule has 0 aliphatic carbocycles. The Morgan fingerprint density at radius 1 is 0.600 bits per heavy atom. The predicted molar refractivity (Wildman–Crippen MR) is 203 cm³/mol. The first-order valence-corrected chi connectivity index (χ1v) is 21.1. The molecule has 1 unspecified atom stereocenters. The number of carbonyl (C=O) groups excluding carboxylic acids is 2. The Labute approximate surface area is 306 Å². The third-order valence-corrected chi connectivity index (χ3v) is 9.56. The molecule has 1 N–H and O–H groups in total. The molecule has 0 aromatic carbocycles. The van der Waals surface area contributed by atoms with E-state index in [-0.39, 0.29) is 32.0 Å². The number of rotatable bonds is 36. The molecule has 2 atom stereocenters. The summed E-state index contributed by atoms with van der Waals surface area (Å²) in [6, 6.07) is 0. The van der Waals surface area contributed by atoms with Gasteiger partial charge >= 0.3 is 19.8 Å². The van der Waals surface area contributed by atoms with Gasteiger partial charge in [0.05, 0.1) is 27.7 Å². The van der Waals surface area contributed by atoms with E-state index in [1.165, 1.54) is 77.0 Å². The van der Waals surface area contributed by atoms with Crippen molar-refractivity contribution < 1.29 is 42.1 Å². The molecule has 0 bridgehead atoms. The van der Waals surface area contributed by atoms with E-state index in [9.17, 15) is 19.0 Å². The first kappa shape index (κ1) is 48.1. The van der Waals surface area contributed by atoms with Crippen LogP contribution < -0.4 is 0 Å². The van der Waals surface area contributed by atoms with Gasteiger partial charge in [0.25, 0.3) is 0 Å². The van der Waals surface area contributed by atoms with Crippen LogP contribution >= 0.6 is 7.82 Å². The number of carbonyl (C=O) groups is 2. The average molecular weight is 727 g/mol.